The number of fused-ring (bicyclic) bond motifs is 1. The zero-order valence-electron chi connectivity index (χ0n) is 13.7. The predicted molar refractivity (Wildman–Crippen MR) is 91.3 cm³/mol. The fourth-order valence-electron chi connectivity index (χ4n) is 3.03. The van der Waals surface area contributed by atoms with Crippen molar-refractivity contribution in [2.75, 3.05) is 6.54 Å². The Hall–Kier alpha value is -3.33. The summed E-state index contributed by atoms with van der Waals surface area (Å²) in [6.45, 7) is 1.51. The van der Waals surface area contributed by atoms with E-state index in [4.69, 9.17) is 4.42 Å². The molecule has 0 bridgehead atoms. The van der Waals surface area contributed by atoms with Crippen LogP contribution in [-0.4, -0.2) is 31.3 Å². The first-order valence-corrected chi connectivity index (χ1v) is 8.08. The summed E-state index contributed by atoms with van der Waals surface area (Å²) in [7, 11) is 0. The van der Waals surface area contributed by atoms with Crippen LogP contribution in [0.1, 0.15) is 17.0 Å². The monoisotopic (exact) mass is 353 g/mol. The van der Waals surface area contributed by atoms with Crippen molar-refractivity contribution in [2.24, 2.45) is 0 Å². The Kier molecular flexibility index (Phi) is 4.05. The Labute approximate surface area is 147 Å². The first-order valence-electron chi connectivity index (χ1n) is 8.08. The number of pyridine rings is 1. The third-order valence-corrected chi connectivity index (χ3v) is 4.31. The molecule has 0 atom stereocenters. The Morgan fingerprint density at radius 2 is 2.08 bits per heavy atom. The Bertz CT molecular complexity index is 1010. The number of H-pyrrole nitrogens is 1. The normalized spacial score (nSPS) is 14.2. The van der Waals surface area contributed by atoms with Crippen molar-refractivity contribution in [1.82, 2.24) is 19.9 Å². The maximum Gasteiger partial charge on any atom is 0.433 e. The van der Waals surface area contributed by atoms with Crippen LogP contribution in [-0.2, 0) is 19.5 Å². The molecule has 132 valence electrons. The summed E-state index contributed by atoms with van der Waals surface area (Å²) in [4.78, 5) is 36.0. The van der Waals surface area contributed by atoms with E-state index in [1.165, 1.54) is 6.07 Å². The maximum absolute atomic E-state index is 12.5. The van der Waals surface area contributed by atoms with Crippen molar-refractivity contribution < 1.29 is 9.34 Å². The van der Waals surface area contributed by atoms with Gasteiger partial charge in [0.1, 0.15) is 16.5 Å². The molecule has 9 heteroatoms. The molecule has 3 aromatic rings. The molecule has 9 nitrogen and oxygen atoms in total. The molecule has 0 aliphatic carbocycles. The first-order chi connectivity index (χ1) is 12.6. The molecule has 0 fully saturated rings. The summed E-state index contributed by atoms with van der Waals surface area (Å²) in [5.41, 5.74) is 2.04. The molecule has 1 aliphatic heterocycles. The molecule has 3 aromatic heterocycles. The number of aromatic nitrogens is 3. The quantitative estimate of drug-likeness (QED) is 0.562. The van der Waals surface area contributed by atoms with Crippen molar-refractivity contribution in [2.45, 2.75) is 19.5 Å². The zero-order valence-corrected chi connectivity index (χ0v) is 13.7. The van der Waals surface area contributed by atoms with Gasteiger partial charge in [-0.1, -0.05) is 0 Å². The van der Waals surface area contributed by atoms with E-state index in [0.29, 0.717) is 43.2 Å². The van der Waals surface area contributed by atoms with Crippen LogP contribution in [0.5, 0.6) is 0 Å². The van der Waals surface area contributed by atoms with E-state index in [1.807, 2.05) is 4.90 Å². The highest BCUT2D eigenvalue weighted by Gasteiger charge is 2.23. The average molecular weight is 353 g/mol. The van der Waals surface area contributed by atoms with Gasteiger partial charge in [0.25, 0.3) is 5.56 Å². The summed E-state index contributed by atoms with van der Waals surface area (Å²) in [6, 6.07) is 6.51. The number of nitrogens with zero attached hydrogens (tertiary/aromatic N) is 4. The van der Waals surface area contributed by atoms with E-state index in [1.54, 1.807) is 30.6 Å². The smallest absolute Gasteiger partial charge is 0.404 e. The summed E-state index contributed by atoms with van der Waals surface area (Å²) in [6.07, 6.45) is 3.93. The van der Waals surface area contributed by atoms with E-state index < -0.39 is 4.92 Å². The minimum absolute atomic E-state index is 0.170. The molecule has 4 rings (SSSR count). The number of hydrogen-bond donors (Lipinski definition) is 1. The molecule has 0 saturated carbocycles. The van der Waals surface area contributed by atoms with Gasteiger partial charge in [0, 0.05) is 37.5 Å². The number of hydrogen-bond acceptors (Lipinski definition) is 7. The van der Waals surface area contributed by atoms with E-state index in [2.05, 4.69) is 15.0 Å². The second-order valence-corrected chi connectivity index (χ2v) is 6.03. The van der Waals surface area contributed by atoms with Crippen LogP contribution < -0.4 is 5.56 Å². The Morgan fingerprint density at radius 1 is 1.27 bits per heavy atom. The van der Waals surface area contributed by atoms with Gasteiger partial charge < -0.3 is 9.40 Å². The molecule has 4 heterocycles. The molecular weight excluding hydrogens is 338 g/mol. The lowest BCUT2D eigenvalue weighted by atomic mass is 10.1. The lowest BCUT2D eigenvalue weighted by molar-refractivity contribution is -0.402. The molecule has 1 aliphatic rings. The van der Waals surface area contributed by atoms with Crippen molar-refractivity contribution in [3.8, 4) is 11.4 Å². The van der Waals surface area contributed by atoms with E-state index >= 15 is 0 Å². The van der Waals surface area contributed by atoms with Gasteiger partial charge in [0.05, 0.1) is 23.9 Å². The van der Waals surface area contributed by atoms with Gasteiger partial charge in [-0.2, -0.15) is 0 Å². The molecule has 0 radical (unpaired) electrons. The summed E-state index contributed by atoms with van der Waals surface area (Å²) < 4.78 is 5.19. The van der Waals surface area contributed by atoms with Gasteiger partial charge >= 0.3 is 5.88 Å². The zero-order chi connectivity index (χ0) is 18.1. The van der Waals surface area contributed by atoms with Crippen LogP contribution >= 0.6 is 0 Å². The second kappa shape index (κ2) is 6.52. The minimum atomic E-state index is -0.565. The third kappa shape index (κ3) is 3.11. The first kappa shape index (κ1) is 16.2. The van der Waals surface area contributed by atoms with Crippen LogP contribution in [0.3, 0.4) is 0 Å². The van der Waals surface area contributed by atoms with Crippen LogP contribution in [0.4, 0.5) is 5.88 Å². The molecule has 0 amide bonds. The summed E-state index contributed by atoms with van der Waals surface area (Å²) in [5.74, 6) is 0.753. The van der Waals surface area contributed by atoms with Gasteiger partial charge in [0.2, 0.25) is 0 Å². The van der Waals surface area contributed by atoms with Crippen molar-refractivity contribution in [1.29, 1.82) is 0 Å². The maximum atomic E-state index is 12.5. The van der Waals surface area contributed by atoms with Crippen LogP contribution in [0.2, 0.25) is 0 Å². The number of rotatable bonds is 4. The van der Waals surface area contributed by atoms with Gasteiger partial charge in [0.15, 0.2) is 0 Å². The average Bonchev–Trinajstić information content (AvgIpc) is 3.12. The lowest BCUT2D eigenvalue weighted by Gasteiger charge is -2.26. The van der Waals surface area contributed by atoms with Gasteiger partial charge in [-0.15, -0.1) is 0 Å². The van der Waals surface area contributed by atoms with Crippen molar-refractivity contribution >= 4 is 5.88 Å². The highest BCUT2D eigenvalue weighted by molar-refractivity contribution is 5.54. The SMILES string of the molecule is O=c1[nH]c(-c2ccncc2)nc2c1CN(Cc1ccc([N+](=O)[O-])o1)CC2. The lowest BCUT2D eigenvalue weighted by Crippen LogP contribution is -2.35. The standard InChI is InChI=1S/C17H15N5O4/c23-17-13-10-21(9-12-1-2-15(26-12)22(24)25)8-5-14(13)19-16(20-17)11-3-6-18-7-4-11/h1-4,6-7H,5,8-10H2,(H,19,20,23). The minimum Gasteiger partial charge on any atom is -0.404 e. The second-order valence-electron chi connectivity index (χ2n) is 6.03. The number of aromatic amines is 1. The third-order valence-electron chi connectivity index (χ3n) is 4.31. The van der Waals surface area contributed by atoms with Crippen LogP contribution in [0.25, 0.3) is 11.4 Å². The fourth-order valence-corrected chi connectivity index (χ4v) is 3.03. The molecule has 1 N–H and O–H groups in total. The summed E-state index contributed by atoms with van der Waals surface area (Å²) in [5, 5.41) is 10.7. The van der Waals surface area contributed by atoms with Crippen molar-refractivity contribution in [3.05, 3.63) is 74.1 Å². The van der Waals surface area contributed by atoms with Crippen molar-refractivity contribution in [3.63, 3.8) is 0 Å². The number of furan rings is 1. The topological polar surface area (TPSA) is 118 Å². The highest BCUT2D eigenvalue weighted by Crippen LogP contribution is 2.22. The molecular formula is C17H15N5O4. The molecule has 0 aromatic carbocycles. The molecule has 0 unspecified atom stereocenters. The van der Waals surface area contributed by atoms with Crippen LogP contribution in [0, 0.1) is 10.1 Å². The van der Waals surface area contributed by atoms with Gasteiger partial charge in [-0.05, 0) is 18.2 Å². The van der Waals surface area contributed by atoms with Gasteiger partial charge in [-0.25, -0.2) is 4.98 Å². The summed E-state index contributed by atoms with van der Waals surface area (Å²) >= 11 is 0. The van der Waals surface area contributed by atoms with Crippen LogP contribution in [0.15, 0.2) is 45.9 Å². The van der Waals surface area contributed by atoms with E-state index in [9.17, 15) is 14.9 Å². The van der Waals surface area contributed by atoms with E-state index in [0.717, 1.165) is 11.3 Å². The number of nitro groups is 1. The van der Waals surface area contributed by atoms with E-state index in [-0.39, 0.29) is 11.4 Å². The predicted octanol–water partition coefficient (Wildman–Crippen LogP) is 1.89. The largest absolute Gasteiger partial charge is 0.433 e. The Morgan fingerprint density at radius 3 is 2.81 bits per heavy atom. The fraction of sp³-hybridized carbons (Fsp3) is 0.235. The van der Waals surface area contributed by atoms with Gasteiger partial charge in [-0.3, -0.25) is 24.8 Å². The molecule has 0 saturated heterocycles. The molecule has 26 heavy (non-hydrogen) atoms. The molecule has 0 spiro atoms. The Balaban J connectivity index is 1.55. The highest BCUT2D eigenvalue weighted by atomic mass is 16.6. The number of nitrogens with one attached hydrogen (secondary N) is 1.